The number of aryl methyl sites for hydroxylation is 1. The Morgan fingerprint density at radius 1 is 1.58 bits per heavy atom. The highest BCUT2D eigenvalue weighted by atomic mass is 32.2. The lowest BCUT2D eigenvalue weighted by atomic mass is 10.0. The van der Waals surface area contributed by atoms with Crippen molar-refractivity contribution in [2.45, 2.75) is 44.5 Å². The van der Waals surface area contributed by atoms with Gasteiger partial charge in [0.05, 0.1) is 10.5 Å². The summed E-state index contributed by atoms with van der Waals surface area (Å²) in [5.74, 6) is 2.12. The zero-order chi connectivity index (χ0) is 13.9. The Kier molecular flexibility index (Phi) is 4.92. The first-order valence-electron chi connectivity index (χ1n) is 6.72. The molecular weight excluding hydrogens is 278 g/mol. The highest BCUT2D eigenvalue weighted by molar-refractivity contribution is 7.98. The van der Waals surface area contributed by atoms with E-state index in [1.54, 1.807) is 18.3 Å². The van der Waals surface area contributed by atoms with Gasteiger partial charge in [-0.15, -0.1) is 11.3 Å². The van der Waals surface area contributed by atoms with Crippen LogP contribution in [-0.4, -0.2) is 28.9 Å². The molecule has 1 atom stereocenters. The van der Waals surface area contributed by atoms with Crippen molar-refractivity contribution in [1.82, 2.24) is 5.32 Å². The van der Waals surface area contributed by atoms with Crippen LogP contribution < -0.4 is 5.32 Å². The first-order chi connectivity index (χ1) is 9.02. The lowest BCUT2D eigenvalue weighted by Crippen LogP contribution is -2.40. The van der Waals surface area contributed by atoms with Crippen LogP contribution in [0.1, 0.15) is 46.8 Å². The van der Waals surface area contributed by atoms with Gasteiger partial charge < -0.3 is 10.4 Å². The average Bonchev–Trinajstić information content (AvgIpc) is 2.79. The predicted octanol–water partition coefficient (Wildman–Crippen LogP) is 2.82. The molecule has 0 aliphatic carbocycles. The number of thiophene rings is 1. The molecule has 0 fully saturated rings. The molecule has 19 heavy (non-hydrogen) atoms. The lowest BCUT2D eigenvalue weighted by Gasteiger charge is -2.22. The first kappa shape index (κ1) is 14.9. The van der Waals surface area contributed by atoms with Crippen molar-refractivity contribution >= 4 is 29.0 Å². The van der Waals surface area contributed by atoms with Crippen molar-refractivity contribution in [3.8, 4) is 0 Å². The quantitative estimate of drug-likeness (QED) is 0.879. The minimum atomic E-state index is -0.808. The number of rotatable bonds is 5. The molecule has 1 aromatic heterocycles. The van der Waals surface area contributed by atoms with E-state index in [0.29, 0.717) is 13.0 Å². The molecule has 1 aliphatic heterocycles. The maximum absolute atomic E-state index is 12.1. The van der Waals surface area contributed by atoms with E-state index in [4.69, 9.17) is 0 Å². The molecule has 1 aliphatic rings. The number of aliphatic hydroxyl groups is 1. The van der Waals surface area contributed by atoms with Gasteiger partial charge in [-0.1, -0.05) is 13.3 Å². The fraction of sp³-hybridized carbons (Fsp3) is 0.643. The molecule has 106 valence electrons. The van der Waals surface area contributed by atoms with Crippen LogP contribution in [0.2, 0.25) is 0 Å². The van der Waals surface area contributed by atoms with E-state index in [1.807, 2.05) is 24.8 Å². The standard InChI is InChI=1S/C14H21NO2S2/c1-3-5-14(2,17)9-15-13(16)12-7-10-8-18-6-4-11(10)19-12/h7,17H,3-6,8-9H2,1-2H3,(H,15,16). The molecular formula is C14H21NO2S2. The Hall–Kier alpha value is -0.520. The molecule has 1 unspecified atom stereocenters. The molecule has 0 radical (unpaired) electrons. The molecule has 1 amide bonds. The zero-order valence-electron chi connectivity index (χ0n) is 11.5. The van der Waals surface area contributed by atoms with Crippen molar-refractivity contribution in [3.05, 3.63) is 21.4 Å². The predicted molar refractivity (Wildman–Crippen MR) is 82.1 cm³/mol. The van der Waals surface area contributed by atoms with Crippen LogP contribution in [0.15, 0.2) is 6.07 Å². The van der Waals surface area contributed by atoms with E-state index in [1.165, 1.54) is 10.4 Å². The van der Waals surface area contributed by atoms with Gasteiger partial charge >= 0.3 is 0 Å². The Balaban J connectivity index is 1.95. The molecule has 2 heterocycles. The van der Waals surface area contributed by atoms with Crippen LogP contribution in [-0.2, 0) is 12.2 Å². The molecule has 0 saturated heterocycles. The Morgan fingerprint density at radius 3 is 3.05 bits per heavy atom. The largest absolute Gasteiger partial charge is 0.388 e. The van der Waals surface area contributed by atoms with Crippen molar-refractivity contribution < 1.29 is 9.90 Å². The highest BCUT2D eigenvalue weighted by Crippen LogP contribution is 2.31. The molecule has 3 nitrogen and oxygen atoms in total. The van der Waals surface area contributed by atoms with Gasteiger partial charge in [0.25, 0.3) is 5.91 Å². The molecule has 0 aromatic carbocycles. The van der Waals surface area contributed by atoms with E-state index in [9.17, 15) is 9.90 Å². The van der Waals surface area contributed by atoms with Crippen LogP contribution in [0.25, 0.3) is 0 Å². The second-order valence-electron chi connectivity index (χ2n) is 5.29. The number of thioether (sulfide) groups is 1. The molecule has 2 N–H and O–H groups in total. The second-order valence-corrected chi connectivity index (χ2v) is 7.53. The normalized spacial score (nSPS) is 17.6. The van der Waals surface area contributed by atoms with Gasteiger partial charge in [0.1, 0.15) is 0 Å². The minimum absolute atomic E-state index is 0.0548. The number of hydrogen-bond acceptors (Lipinski definition) is 4. The summed E-state index contributed by atoms with van der Waals surface area (Å²) in [6.45, 7) is 4.12. The Morgan fingerprint density at radius 2 is 2.37 bits per heavy atom. The number of fused-ring (bicyclic) bond motifs is 1. The van der Waals surface area contributed by atoms with E-state index in [-0.39, 0.29) is 5.91 Å². The number of hydrogen-bond donors (Lipinski definition) is 2. The zero-order valence-corrected chi connectivity index (χ0v) is 13.1. The topological polar surface area (TPSA) is 49.3 Å². The summed E-state index contributed by atoms with van der Waals surface area (Å²) in [6.07, 6.45) is 2.68. The summed E-state index contributed by atoms with van der Waals surface area (Å²) in [6, 6.07) is 2.01. The van der Waals surface area contributed by atoms with Crippen LogP contribution in [0.4, 0.5) is 0 Å². The molecule has 0 saturated carbocycles. The van der Waals surface area contributed by atoms with E-state index in [0.717, 1.165) is 29.2 Å². The van der Waals surface area contributed by atoms with Crippen LogP contribution in [0.3, 0.4) is 0 Å². The minimum Gasteiger partial charge on any atom is -0.388 e. The summed E-state index contributed by atoms with van der Waals surface area (Å²) in [7, 11) is 0. The molecule has 1 aromatic rings. The van der Waals surface area contributed by atoms with Crippen molar-refractivity contribution in [1.29, 1.82) is 0 Å². The summed E-state index contributed by atoms with van der Waals surface area (Å²) >= 11 is 3.52. The van der Waals surface area contributed by atoms with E-state index >= 15 is 0 Å². The van der Waals surface area contributed by atoms with Crippen LogP contribution >= 0.6 is 23.1 Å². The third-order valence-corrected chi connectivity index (χ3v) is 5.51. The third-order valence-electron chi connectivity index (χ3n) is 3.27. The molecule has 5 heteroatoms. The number of nitrogens with one attached hydrogen (secondary N) is 1. The fourth-order valence-corrected chi connectivity index (χ4v) is 4.53. The number of amides is 1. The fourth-order valence-electron chi connectivity index (χ4n) is 2.24. The number of carbonyl (C=O) groups is 1. The van der Waals surface area contributed by atoms with E-state index < -0.39 is 5.60 Å². The lowest BCUT2D eigenvalue weighted by molar-refractivity contribution is 0.0470. The van der Waals surface area contributed by atoms with Gasteiger partial charge in [-0.05, 0) is 37.1 Å². The Bertz CT molecular complexity index is 431. The third kappa shape index (κ3) is 3.97. The summed E-state index contributed by atoms with van der Waals surface area (Å²) < 4.78 is 0. The monoisotopic (exact) mass is 299 g/mol. The van der Waals surface area contributed by atoms with E-state index in [2.05, 4.69) is 5.32 Å². The first-order valence-corrected chi connectivity index (χ1v) is 8.69. The summed E-state index contributed by atoms with van der Waals surface area (Å²) in [5.41, 5.74) is 0.503. The van der Waals surface area contributed by atoms with Gasteiger partial charge in [-0.2, -0.15) is 11.8 Å². The van der Waals surface area contributed by atoms with Gasteiger partial charge in [-0.25, -0.2) is 0 Å². The smallest absolute Gasteiger partial charge is 0.261 e. The van der Waals surface area contributed by atoms with Gasteiger partial charge in [0, 0.05) is 17.2 Å². The Labute approximate surface area is 122 Å². The van der Waals surface area contributed by atoms with Gasteiger partial charge in [0.2, 0.25) is 0 Å². The molecule has 0 spiro atoms. The summed E-state index contributed by atoms with van der Waals surface area (Å²) in [4.78, 5) is 14.2. The van der Waals surface area contributed by atoms with Crippen molar-refractivity contribution in [2.24, 2.45) is 0 Å². The summed E-state index contributed by atoms with van der Waals surface area (Å²) in [5, 5.41) is 12.9. The van der Waals surface area contributed by atoms with Crippen LogP contribution in [0, 0.1) is 0 Å². The van der Waals surface area contributed by atoms with Crippen LogP contribution in [0.5, 0.6) is 0 Å². The molecule has 2 rings (SSSR count). The number of carbonyl (C=O) groups excluding carboxylic acids is 1. The second kappa shape index (κ2) is 6.29. The average molecular weight is 299 g/mol. The van der Waals surface area contributed by atoms with Gasteiger partial charge in [0.15, 0.2) is 0 Å². The highest BCUT2D eigenvalue weighted by Gasteiger charge is 2.22. The van der Waals surface area contributed by atoms with Gasteiger partial charge in [-0.3, -0.25) is 4.79 Å². The molecule has 0 bridgehead atoms. The SMILES string of the molecule is CCCC(C)(O)CNC(=O)c1cc2c(s1)CCSC2. The van der Waals surface area contributed by atoms with Crippen molar-refractivity contribution in [2.75, 3.05) is 12.3 Å². The maximum atomic E-state index is 12.1. The van der Waals surface area contributed by atoms with Crippen molar-refractivity contribution in [3.63, 3.8) is 0 Å². The maximum Gasteiger partial charge on any atom is 0.261 e.